The minimum absolute atomic E-state index is 0.0100. The zero-order chi connectivity index (χ0) is 25.1. The van der Waals surface area contributed by atoms with Gasteiger partial charge in [0.2, 0.25) is 11.7 Å². The van der Waals surface area contributed by atoms with Crippen LogP contribution < -0.4 is 10.1 Å². The van der Waals surface area contributed by atoms with Crippen LogP contribution in [0.3, 0.4) is 0 Å². The Balaban J connectivity index is 1.28. The molecule has 0 bridgehead atoms. The first kappa shape index (κ1) is 25.9. The van der Waals surface area contributed by atoms with E-state index in [1.807, 2.05) is 24.3 Å². The molecule has 1 aromatic heterocycles. The number of nitrogens with one attached hydrogen (secondary N) is 1. The maximum atomic E-state index is 12.5. The van der Waals surface area contributed by atoms with Crippen molar-refractivity contribution >= 4 is 22.2 Å². The molecule has 0 aliphatic carbocycles. The Morgan fingerprint density at radius 2 is 1.66 bits per heavy atom. The molecule has 11 heteroatoms. The summed E-state index contributed by atoms with van der Waals surface area (Å²) < 4.78 is 39.1. The molecule has 1 heterocycles. The lowest BCUT2D eigenvalue weighted by molar-refractivity contribution is -0.121. The van der Waals surface area contributed by atoms with Crippen molar-refractivity contribution in [2.75, 3.05) is 6.61 Å². The first-order valence-corrected chi connectivity index (χ1v) is 12.5. The van der Waals surface area contributed by atoms with Crippen molar-refractivity contribution in [3.8, 4) is 17.1 Å². The van der Waals surface area contributed by atoms with E-state index < -0.39 is 10.2 Å². The van der Waals surface area contributed by atoms with Crippen molar-refractivity contribution in [1.82, 2.24) is 25.7 Å². The van der Waals surface area contributed by atoms with E-state index in [-0.39, 0.29) is 5.91 Å². The third-order valence-corrected chi connectivity index (χ3v) is 5.36. The number of unbranched alkanes of at least 4 members (excludes halogenated alkanes) is 2. The second-order valence-electron chi connectivity index (χ2n) is 7.75. The maximum absolute atomic E-state index is 12.5. The third kappa shape index (κ3) is 9.57. The number of ether oxygens (including phenoxy) is 1. The van der Waals surface area contributed by atoms with Crippen molar-refractivity contribution in [2.24, 2.45) is 0 Å². The molecule has 3 rings (SSSR count). The summed E-state index contributed by atoms with van der Waals surface area (Å²) >= 11 is 0. The second kappa shape index (κ2) is 12.7. The number of amides is 1. The summed E-state index contributed by atoms with van der Waals surface area (Å²) in [6.45, 7) is 2.66. The van der Waals surface area contributed by atoms with E-state index >= 15 is 0 Å². The molecule has 0 aliphatic rings. The number of aryl methyl sites for hydroxylation is 1. The number of aromatic nitrogens is 4. The van der Waals surface area contributed by atoms with E-state index in [1.54, 1.807) is 31.2 Å². The van der Waals surface area contributed by atoms with Gasteiger partial charge >= 0.3 is 10.2 Å². The predicted octanol–water partition coefficient (Wildman–Crippen LogP) is 3.77. The normalized spacial score (nSPS) is 11.5. The molecule has 35 heavy (non-hydrogen) atoms. The fourth-order valence-corrected chi connectivity index (χ4v) is 3.36. The summed E-state index contributed by atoms with van der Waals surface area (Å²) in [7, 11) is -4.64. The van der Waals surface area contributed by atoms with Crippen LogP contribution in [0.4, 0.5) is 3.89 Å². The lowest BCUT2D eigenvalue weighted by Crippen LogP contribution is -2.22. The van der Waals surface area contributed by atoms with Gasteiger partial charge in [-0.2, -0.15) is 8.42 Å². The molecule has 0 saturated heterocycles. The topological polar surface area (TPSA) is 124 Å². The van der Waals surface area contributed by atoms with Gasteiger partial charge in [0.15, 0.2) is 5.82 Å². The summed E-state index contributed by atoms with van der Waals surface area (Å²) in [6.07, 6.45) is 4.00. The summed E-state index contributed by atoms with van der Waals surface area (Å²) in [5, 5.41) is 19.2. The average molecular weight is 500 g/mol. The number of nitrogens with zero attached hydrogens (tertiary/aromatic N) is 4. The molecule has 9 nitrogen and oxygen atoms in total. The Morgan fingerprint density at radius 1 is 0.971 bits per heavy atom. The molecule has 0 unspecified atom stereocenters. The Morgan fingerprint density at radius 3 is 2.31 bits per heavy atom. The minimum Gasteiger partial charge on any atom is -0.494 e. The molecule has 0 fully saturated rings. The van der Waals surface area contributed by atoms with Gasteiger partial charge in [0.05, 0.1) is 12.0 Å². The second-order valence-corrected chi connectivity index (χ2v) is 8.97. The number of hydrogen-bond donors (Lipinski definition) is 1. The number of carbonyl (C=O) groups excluding carboxylic acids is 1. The van der Waals surface area contributed by atoms with Crippen LogP contribution in [-0.4, -0.2) is 41.3 Å². The van der Waals surface area contributed by atoms with Crippen LogP contribution in [0.2, 0.25) is 0 Å². The first-order valence-electron chi connectivity index (χ1n) is 11.0. The third-order valence-electron chi connectivity index (χ3n) is 4.90. The molecule has 0 aliphatic heterocycles. The van der Waals surface area contributed by atoms with E-state index in [1.165, 1.54) is 6.08 Å². The van der Waals surface area contributed by atoms with E-state index in [4.69, 9.17) is 4.74 Å². The van der Waals surface area contributed by atoms with Gasteiger partial charge in [-0.1, -0.05) is 36.4 Å². The van der Waals surface area contributed by atoms with Crippen LogP contribution in [-0.2, 0) is 21.6 Å². The van der Waals surface area contributed by atoms with Crippen LogP contribution in [0.1, 0.15) is 42.6 Å². The molecule has 184 valence electrons. The number of carbonyl (C=O) groups is 1. The van der Waals surface area contributed by atoms with Gasteiger partial charge in [0.25, 0.3) is 0 Å². The lowest BCUT2D eigenvalue weighted by atomic mass is 10.1. The van der Waals surface area contributed by atoms with Crippen LogP contribution in [0.15, 0.2) is 53.9 Å². The molecular formula is C24H26FN5O4S. The number of hydrogen-bond acceptors (Lipinski definition) is 8. The largest absolute Gasteiger partial charge is 0.494 e. The fourth-order valence-electron chi connectivity index (χ4n) is 3.05. The fraction of sp³-hybridized carbons (Fsp3) is 0.292. The molecule has 3 aromatic rings. The van der Waals surface area contributed by atoms with Gasteiger partial charge in [-0.15, -0.1) is 24.3 Å². The molecule has 0 spiro atoms. The van der Waals surface area contributed by atoms with Gasteiger partial charge in [-0.05, 0) is 55.5 Å². The summed E-state index contributed by atoms with van der Waals surface area (Å²) in [6, 6.07) is 14.2. The Kier molecular flexibility index (Phi) is 9.36. The van der Waals surface area contributed by atoms with Crippen molar-refractivity contribution in [2.45, 2.75) is 39.2 Å². The van der Waals surface area contributed by atoms with Gasteiger partial charge in [-0.3, -0.25) is 4.79 Å². The Bertz CT molecular complexity index is 1230. The Labute approximate surface area is 203 Å². The quantitative estimate of drug-likeness (QED) is 0.295. The highest BCUT2D eigenvalue weighted by atomic mass is 32.3. The van der Waals surface area contributed by atoms with E-state index in [2.05, 4.69) is 25.7 Å². The number of rotatable bonds is 12. The summed E-state index contributed by atoms with van der Waals surface area (Å²) in [4.78, 5) is 12.1. The molecule has 0 radical (unpaired) electrons. The molecule has 2 aromatic carbocycles. The van der Waals surface area contributed by atoms with Crippen molar-refractivity contribution in [3.63, 3.8) is 0 Å². The van der Waals surface area contributed by atoms with Crippen LogP contribution >= 0.6 is 0 Å². The maximum Gasteiger partial charge on any atom is 0.325 e. The zero-order valence-corrected chi connectivity index (χ0v) is 20.0. The SMILES string of the molecule is Cc1nnc(-c2ccc(CNC(=O)CCCCCOc3ccc(/C=C/S(=O)(=O)F)cc3)cc2)nn1. The highest BCUT2D eigenvalue weighted by molar-refractivity contribution is 7.89. The number of benzene rings is 2. The van der Waals surface area contributed by atoms with Crippen LogP contribution in [0, 0.1) is 6.92 Å². The standard InChI is InChI=1S/C24H26FN5O4S/c1-18-27-29-24(30-28-18)21-10-6-20(7-11-21)17-26-23(31)5-3-2-4-15-34-22-12-8-19(9-13-22)14-16-35(25,32)33/h6-14,16H,2-5,15,17H2,1H3,(H,26,31)/b16-14+. The van der Waals surface area contributed by atoms with Gasteiger partial charge < -0.3 is 10.1 Å². The molecule has 1 N–H and O–H groups in total. The predicted molar refractivity (Wildman–Crippen MR) is 129 cm³/mol. The molecule has 0 atom stereocenters. The lowest BCUT2D eigenvalue weighted by Gasteiger charge is -2.08. The zero-order valence-electron chi connectivity index (χ0n) is 19.2. The monoisotopic (exact) mass is 499 g/mol. The average Bonchev–Trinajstić information content (AvgIpc) is 2.85. The molecule has 1 amide bonds. The minimum atomic E-state index is -4.64. The van der Waals surface area contributed by atoms with Gasteiger partial charge in [-0.25, -0.2) is 0 Å². The van der Waals surface area contributed by atoms with Crippen molar-refractivity contribution < 1.29 is 21.8 Å². The van der Waals surface area contributed by atoms with Crippen molar-refractivity contribution in [3.05, 3.63) is 70.9 Å². The van der Waals surface area contributed by atoms with Gasteiger partial charge in [0, 0.05) is 18.5 Å². The smallest absolute Gasteiger partial charge is 0.325 e. The van der Waals surface area contributed by atoms with E-state index in [0.717, 1.165) is 30.4 Å². The molecular weight excluding hydrogens is 473 g/mol. The summed E-state index contributed by atoms with van der Waals surface area (Å²) in [5.74, 6) is 1.59. The highest BCUT2D eigenvalue weighted by Crippen LogP contribution is 2.15. The van der Waals surface area contributed by atoms with Gasteiger partial charge in [0.1, 0.15) is 5.75 Å². The molecule has 0 saturated carbocycles. The van der Waals surface area contributed by atoms with Crippen molar-refractivity contribution in [1.29, 1.82) is 0 Å². The Hall–Kier alpha value is -3.73. The summed E-state index contributed by atoms with van der Waals surface area (Å²) in [5.41, 5.74) is 2.33. The van der Waals surface area contributed by atoms with Crippen LogP contribution in [0.5, 0.6) is 5.75 Å². The van der Waals surface area contributed by atoms with Crippen LogP contribution in [0.25, 0.3) is 17.5 Å². The van der Waals surface area contributed by atoms with E-state index in [9.17, 15) is 17.1 Å². The number of halogens is 1. The first-order chi connectivity index (χ1) is 16.8. The highest BCUT2D eigenvalue weighted by Gasteiger charge is 2.05. The van der Waals surface area contributed by atoms with E-state index in [0.29, 0.717) is 47.9 Å².